The minimum absolute atomic E-state index is 0.363. The monoisotopic (exact) mass is 248 g/mol. The average molecular weight is 248 g/mol. The zero-order valence-corrected chi connectivity index (χ0v) is 10.5. The Balaban J connectivity index is 2.75. The lowest BCUT2D eigenvalue weighted by Crippen LogP contribution is -2.22. The van der Waals surface area contributed by atoms with Crippen molar-refractivity contribution in [1.82, 2.24) is 10.0 Å². The van der Waals surface area contributed by atoms with Crippen LogP contribution in [0.4, 0.5) is 0 Å². The summed E-state index contributed by atoms with van der Waals surface area (Å²) in [6.45, 7) is 5.81. The number of hydrogen-bond acceptors (Lipinski definition) is 4. The fourth-order valence-corrected chi connectivity index (χ4v) is 3.40. The van der Waals surface area contributed by atoms with Crippen molar-refractivity contribution in [1.29, 1.82) is 0 Å². The Labute approximate surface area is 94.8 Å². The molecule has 0 spiro atoms. The first kappa shape index (κ1) is 12.6. The minimum atomic E-state index is -3.28. The van der Waals surface area contributed by atoms with Gasteiger partial charge in [0.1, 0.15) is 0 Å². The van der Waals surface area contributed by atoms with E-state index in [-0.39, 0.29) is 0 Å². The number of sulfonamides is 1. The van der Waals surface area contributed by atoms with Gasteiger partial charge in [0.05, 0.1) is 4.90 Å². The van der Waals surface area contributed by atoms with E-state index in [4.69, 9.17) is 0 Å². The highest BCUT2D eigenvalue weighted by molar-refractivity contribution is 7.89. The summed E-state index contributed by atoms with van der Waals surface area (Å²) in [7, 11) is -3.28. The zero-order chi connectivity index (χ0) is 11.3. The van der Waals surface area contributed by atoms with Gasteiger partial charge in [0.15, 0.2) is 0 Å². The van der Waals surface area contributed by atoms with Crippen molar-refractivity contribution >= 4 is 21.4 Å². The van der Waals surface area contributed by atoms with E-state index in [1.165, 1.54) is 11.3 Å². The zero-order valence-electron chi connectivity index (χ0n) is 8.91. The minimum Gasteiger partial charge on any atom is -0.312 e. The molecule has 1 aromatic rings. The summed E-state index contributed by atoms with van der Waals surface area (Å²) >= 11 is 1.46. The smallest absolute Gasteiger partial charge is 0.241 e. The second kappa shape index (κ2) is 5.60. The van der Waals surface area contributed by atoms with Crippen LogP contribution in [-0.2, 0) is 16.6 Å². The predicted octanol–water partition coefficient (Wildman–Crippen LogP) is 1.16. The summed E-state index contributed by atoms with van der Waals surface area (Å²) in [6, 6.07) is 1.71. The third kappa shape index (κ3) is 3.57. The van der Waals surface area contributed by atoms with E-state index in [0.29, 0.717) is 11.4 Å². The molecule has 1 aromatic heterocycles. The predicted molar refractivity (Wildman–Crippen MR) is 62.6 cm³/mol. The van der Waals surface area contributed by atoms with Crippen molar-refractivity contribution < 1.29 is 8.42 Å². The molecule has 1 heterocycles. The highest BCUT2D eigenvalue weighted by Crippen LogP contribution is 2.18. The molecular formula is C9H16N2O2S2. The Morgan fingerprint density at radius 2 is 2.07 bits per heavy atom. The Morgan fingerprint density at radius 3 is 2.67 bits per heavy atom. The molecule has 0 aliphatic rings. The molecule has 6 heteroatoms. The molecule has 4 nitrogen and oxygen atoms in total. The molecule has 0 saturated heterocycles. The first-order valence-corrected chi connectivity index (χ1v) is 7.24. The molecule has 0 saturated carbocycles. The highest BCUT2D eigenvalue weighted by atomic mass is 32.2. The van der Waals surface area contributed by atoms with E-state index >= 15 is 0 Å². The lowest BCUT2D eigenvalue weighted by atomic mass is 10.4. The lowest BCUT2D eigenvalue weighted by Gasteiger charge is -2.00. The normalized spacial score (nSPS) is 11.9. The van der Waals surface area contributed by atoms with Crippen LogP contribution in [0.3, 0.4) is 0 Å². The largest absolute Gasteiger partial charge is 0.312 e. The van der Waals surface area contributed by atoms with Gasteiger partial charge in [-0.15, -0.1) is 11.3 Å². The summed E-state index contributed by atoms with van der Waals surface area (Å²) in [5, 5.41) is 4.83. The van der Waals surface area contributed by atoms with Crippen LogP contribution in [0.25, 0.3) is 0 Å². The van der Waals surface area contributed by atoms with Crippen LogP contribution in [0.2, 0.25) is 0 Å². The Kier molecular flexibility index (Phi) is 4.72. The van der Waals surface area contributed by atoms with Crippen LogP contribution in [0.15, 0.2) is 16.3 Å². The second-order valence-corrected chi connectivity index (χ2v) is 5.79. The van der Waals surface area contributed by atoms with Gasteiger partial charge in [-0.05, 0) is 12.6 Å². The Bertz CT molecular complexity index is 398. The van der Waals surface area contributed by atoms with E-state index < -0.39 is 10.0 Å². The highest BCUT2D eigenvalue weighted by Gasteiger charge is 2.14. The van der Waals surface area contributed by atoms with Crippen LogP contribution >= 0.6 is 11.3 Å². The number of nitrogens with one attached hydrogen (secondary N) is 2. The van der Waals surface area contributed by atoms with E-state index in [2.05, 4.69) is 10.0 Å². The van der Waals surface area contributed by atoms with Gasteiger partial charge < -0.3 is 5.32 Å². The van der Waals surface area contributed by atoms with Crippen LogP contribution in [0.5, 0.6) is 0 Å². The van der Waals surface area contributed by atoms with Crippen molar-refractivity contribution in [2.45, 2.75) is 25.3 Å². The molecule has 0 aliphatic carbocycles. The van der Waals surface area contributed by atoms with Gasteiger partial charge >= 0.3 is 0 Å². The summed E-state index contributed by atoms with van der Waals surface area (Å²) < 4.78 is 25.7. The number of hydrogen-bond donors (Lipinski definition) is 2. The number of rotatable bonds is 6. The third-order valence-corrected chi connectivity index (χ3v) is 4.43. The van der Waals surface area contributed by atoms with E-state index in [9.17, 15) is 8.42 Å². The summed E-state index contributed by atoms with van der Waals surface area (Å²) in [6.07, 6.45) is 0. The van der Waals surface area contributed by atoms with Crippen LogP contribution in [-0.4, -0.2) is 21.5 Å². The fraction of sp³-hybridized carbons (Fsp3) is 0.556. The fourth-order valence-electron chi connectivity index (χ4n) is 1.12. The van der Waals surface area contributed by atoms with Crippen LogP contribution in [0, 0.1) is 0 Å². The maximum Gasteiger partial charge on any atom is 0.241 e. The molecule has 15 heavy (non-hydrogen) atoms. The molecule has 0 bridgehead atoms. The molecule has 0 amide bonds. The average Bonchev–Trinajstić information content (AvgIpc) is 2.63. The van der Waals surface area contributed by atoms with Crippen LogP contribution in [0.1, 0.15) is 18.7 Å². The molecule has 0 atom stereocenters. The summed E-state index contributed by atoms with van der Waals surface area (Å²) in [5.74, 6) is 0. The van der Waals surface area contributed by atoms with Crippen molar-refractivity contribution in [2.24, 2.45) is 0 Å². The Hall–Kier alpha value is -0.430. The Morgan fingerprint density at radius 1 is 1.33 bits per heavy atom. The van der Waals surface area contributed by atoms with Gasteiger partial charge in [0.25, 0.3) is 0 Å². The van der Waals surface area contributed by atoms with Gasteiger partial charge in [0.2, 0.25) is 10.0 Å². The van der Waals surface area contributed by atoms with Crippen molar-refractivity contribution in [3.05, 3.63) is 16.3 Å². The first-order chi connectivity index (χ1) is 7.10. The lowest BCUT2D eigenvalue weighted by molar-refractivity contribution is 0.584. The van der Waals surface area contributed by atoms with Crippen molar-refractivity contribution in [3.63, 3.8) is 0 Å². The van der Waals surface area contributed by atoms with Crippen molar-refractivity contribution in [3.8, 4) is 0 Å². The van der Waals surface area contributed by atoms with Gasteiger partial charge in [-0.1, -0.05) is 13.8 Å². The first-order valence-electron chi connectivity index (χ1n) is 4.88. The molecule has 1 rings (SSSR count). The van der Waals surface area contributed by atoms with E-state index in [1.807, 2.05) is 6.92 Å². The maximum absolute atomic E-state index is 11.6. The molecule has 2 N–H and O–H groups in total. The molecule has 86 valence electrons. The third-order valence-electron chi connectivity index (χ3n) is 1.82. The van der Waals surface area contributed by atoms with Crippen molar-refractivity contribution in [2.75, 3.05) is 13.1 Å². The summed E-state index contributed by atoms with van der Waals surface area (Å²) in [4.78, 5) is 1.40. The van der Waals surface area contributed by atoms with Gasteiger partial charge in [-0.25, -0.2) is 13.1 Å². The van der Waals surface area contributed by atoms with Gasteiger partial charge in [-0.3, -0.25) is 0 Å². The SMILES string of the molecule is CCNCc1cc(S(=O)(=O)NCC)cs1. The second-order valence-electron chi connectivity index (χ2n) is 3.03. The van der Waals surface area contributed by atoms with E-state index in [1.54, 1.807) is 18.4 Å². The van der Waals surface area contributed by atoms with Gasteiger partial charge in [-0.2, -0.15) is 0 Å². The quantitative estimate of drug-likeness (QED) is 0.794. The molecule has 0 fully saturated rings. The van der Waals surface area contributed by atoms with E-state index in [0.717, 1.165) is 18.0 Å². The van der Waals surface area contributed by atoms with Gasteiger partial charge in [0, 0.05) is 23.3 Å². The molecular weight excluding hydrogens is 232 g/mol. The standard InChI is InChI=1S/C9H16N2O2S2/c1-3-10-6-8-5-9(7-14-8)15(12,13)11-4-2/h5,7,10-11H,3-4,6H2,1-2H3. The topological polar surface area (TPSA) is 58.2 Å². The molecule has 0 unspecified atom stereocenters. The molecule has 0 aliphatic heterocycles. The molecule has 0 aromatic carbocycles. The van der Waals surface area contributed by atoms with Crippen LogP contribution < -0.4 is 10.0 Å². The molecule has 0 radical (unpaired) electrons. The number of thiophene rings is 1. The maximum atomic E-state index is 11.6. The summed E-state index contributed by atoms with van der Waals surface area (Å²) in [5.41, 5.74) is 0.